The van der Waals surface area contributed by atoms with Crippen LogP contribution >= 0.6 is 7.29 Å². The van der Waals surface area contributed by atoms with E-state index in [4.69, 9.17) is 4.74 Å². The van der Waals surface area contributed by atoms with E-state index in [0.29, 0.717) is 0 Å². The summed E-state index contributed by atoms with van der Waals surface area (Å²) in [5.41, 5.74) is 6.65. The number of rotatable bonds is 2. The van der Waals surface area contributed by atoms with Crippen molar-refractivity contribution in [3.8, 4) is 0 Å². The molecule has 0 spiro atoms. The minimum absolute atomic E-state index is 0.0339. The van der Waals surface area contributed by atoms with E-state index in [2.05, 4.69) is 30.2 Å². The van der Waals surface area contributed by atoms with Gasteiger partial charge in [-0.25, -0.2) is 4.78 Å². The molecule has 1 aliphatic carbocycles. The van der Waals surface area contributed by atoms with E-state index >= 15 is 0 Å². The van der Waals surface area contributed by atoms with Crippen molar-refractivity contribution in [2.75, 3.05) is 37.7 Å². The van der Waals surface area contributed by atoms with E-state index in [-0.39, 0.29) is 5.41 Å². The molecule has 1 atom stereocenters. The Morgan fingerprint density at radius 2 is 1.84 bits per heavy atom. The highest BCUT2D eigenvalue weighted by Crippen LogP contribution is 2.64. The zero-order chi connectivity index (χ0) is 17.7. The zero-order valence-electron chi connectivity index (χ0n) is 15.2. The van der Waals surface area contributed by atoms with Crippen molar-refractivity contribution in [1.82, 2.24) is 10.3 Å². The van der Waals surface area contributed by atoms with Crippen LogP contribution in [0.4, 0.5) is 5.69 Å². The Morgan fingerprint density at radius 3 is 2.52 bits per heavy atom. The van der Waals surface area contributed by atoms with Gasteiger partial charge < -0.3 is 9.64 Å². The summed E-state index contributed by atoms with van der Waals surface area (Å²) in [6.45, 7) is 9.57. The van der Waals surface area contributed by atoms with Crippen LogP contribution in [-0.4, -0.2) is 37.9 Å². The van der Waals surface area contributed by atoms with Gasteiger partial charge in [0.2, 0.25) is 7.29 Å². The van der Waals surface area contributed by atoms with Gasteiger partial charge in [0, 0.05) is 25.5 Å². The van der Waals surface area contributed by atoms with Crippen molar-refractivity contribution >= 4 is 13.0 Å². The highest BCUT2D eigenvalue weighted by Gasteiger charge is 2.46. The fourth-order valence-electron chi connectivity index (χ4n) is 3.99. The van der Waals surface area contributed by atoms with Crippen LogP contribution in [0.25, 0.3) is 0 Å². The summed E-state index contributed by atoms with van der Waals surface area (Å²) in [6.07, 6.45) is 3.15. The molecule has 1 aromatic carbocycles. The quantitative estimate of drug-likeness (QED) is 0.815. The molecule has 4 rings (SSSR count). The summed E-state index contributed by atoms with van der Waals surface area (Å²) < 4.78 is 21.3. The Morgan fingerprint density at radius 1 is 1.16 bits per heavy atom. The second kappa shape index (κ2) is 5.93. The fraction of sp³-hybridized carbons (Fsp3) is 0.474. The minimum Gasteiger partial charge on any atom is -0.378 e. The van der Waals surface area contributed by atoms with E-state index in [1.807, 2.05) is 41.8 Å². The first-order chi connectivity index (χ1) is 11.9. The van der Waals surface area contributed by atoms with Crippen LogP contribution in [0.3, 0.4) is 0 Å². The summed E-state index contributed by atoms with van der Waals surface area (Å²) in [5.74, 6) is 0. The Labute approximate surface area is 149 Å². The van der Waals surface area contributed by atoms with Gasteiger partial charge in [0.25, 0.3) is 0 Å². The van der Waals surface area contributed by atoms with Crippen LogP contribution in [0.15, 0.2) is 53.1 Å². The van der Waals surface area contributed by atoms with Crippen LogP contribution < -0.4 is 10.2 Å². The standard InChI is InChI=1S/C19H26N3O2P/c1-19(2)13-16-18(17(14-19)21-9-11-24-12-10-21)25(3,23)22(20-16)15-7-5-4-6-8-15/h4-8,13,20H,9-12,14H2,1-3H3/t25-/m0/s1. The maximum absolute atomic E-state index is 13.9. The highest BCUT2D eigenvalue weighted by molar-refractivity contribution is 7.69. The van der Waals surface area contributed by atoms with E-state index in [1.165, 1.54) is 5.70 Å². The van der Waals surface area contributed by atoms with Gasteiger partial charge in [-0.2, -0.15) is 0 Å². The number of hydrogen-bond donors (Lipinski definition) is 1. The van der Waals surface area contributed by atoms with Crippen LogP contribution in [0.5, 0.6) is 0 Å². The molecule has 0 bridgehead atoms. The Balaban J connectivity index is 1.82. The van der Waals surface area contributed by atoms with Crippen molar-refractivity contribution in [1.29, 1.82) is 0 Å². The SMILES string of the molecule is CC1(C)C=C2NN(c3ccccc3)[P@@](C)(=O)C2=C(N2CCOCC2)C1. The largest absolute Gasteiger partial charge is 0.378 e. The van der Waals surface area contributed by atoms with Crippen LogP contribution in [0.1, 0.15) is 20.3 Å². The molecule has 5 nitrogen and oxygen atoms in total. The third-order valence-electron chi connectivity index (χ3n) is 5.10. The number of para-hydroxylation sites is 1. The summed E-state index contributed by atoms with van der Waals surface area (Å²) in [6, 6.07) is 9.94. The number of ether oxygens (including phenoxy) is 1. The second-order valence-electron chi connectivity index (χ2n) is 7.76. The Bertz CT molecular complexity index is 779. The number of hydrogen-bond acceptors (Lipinski definition) is 4. The first-order valence-electron chi connectivity index (χ1n) is 8.88. The normalized spacial score (nSPS) is 28.5. The highest BCUT2D eigenvalue weighted by atomic mass is 31.2. The van der Waals surface area contributed by atoms with Crippen molar-refractivity contribution in [3.63, 3.8) is 0 Å². The third-order valence-corrected chi connectivity index (χ3v) is 7.53. The molecule has 0 saturated carbocycles. The predicted molar refractivity (Wildman–Crippen MR) is 101 cm³/mol. The topological polar surface area (TPSA) is 44.8 Å². The van der Waals surface area contributed by atoms with Gasteiger partial charge in [-0.1, -0.05) is 38.1 Å². The number of hydrazine groups is 1. The fourth-order valence-corrected chi connectivity index (χ4v) is 6.32. The molecule has 0 radical (unpaired) electrons. The number of nitrogens with zero attached hydrogens (tertiary/aromatic N) is 2. The second-order valence-corrected chi connectivity index (χ2v) is 10.4. The Kier molecular flexibility index (Phi) is 3.97. The summed E-state index contributed by atoms with van der Waals surface area (Å²) >= 11 is 0. The van der Waals surface area contributed by atoms with Gasteiger partial charge in [-0.3, -0.25) is 9.99 Å². The van der Waals surface area contributed by atoms with Gasteiger partial charge in [-0.15, -0.1) is 0 Å². The molecule has 3 aliphatic rings. The number of fused-ring (bicyclic) bond motifs is 1. The molecule has 1 N–H and O–H groups in total. The lowest BCUT2D eigenvalue weighted by Gasteiger charge is -2.38. The summed E-state index contributed by atoms with van der Waals surface area (Å²) in [5, 5.41) is 0.998. The number of allylic oxidation sites excluding steroid dienone is 3. The Hall–Kier alpha value is -1.71. The third kappa shape index (κ3) is 2.90. The van der Waals surface area contributed by atoms with Crippen molar-refractivity contribution in [2.24, 2.45) is 5.41 Å². The molecule has 134 valence electrons. The average molecular weight is 359 g/mol. The van der Waals surface area contributed by atoms with Gasteiger partial charge in [0.1, 0.15) is 0 Å². The summed E-state index contributed by atoms with van der Waals surface area (Å²) in [4.78, 5) is 2.37. The molecule has 2 saturated heterocycles. The molecule has 1 aromatic rings. The lowest BCUT2D eigenvalue weighted by atomic mass is 9.82. The molecular formula is C19H26N3O2P. The maximum Gasteiger partial charge on any atom is 0.219 e. The number of nitrogens with one attached hydrogen (secondary N) is 1. The van der Waals surface area contributed by atoms with E-state index in [1.54, 1.807) is 0 Å². The zero-order valence-corrected chi connectivity index (χ0v) is 16.1. The van der Waals surface area contributed by atoms with Gasteiger partial charge in [0.05, 0.1) is 29.9 Å². The first-order valence-corrected chi connectivity index (χ1v) is 11.0. The summed E-state index contributed by atoms with van der Waals surface area (Å²) in [7, 11) is -2.73. The average Bonchev–Trinajstić information content (AvgIpc) is 2.85. The number of morpholine rings is 1. The first kappa shape index (κ1) is 16.7. The van der Waals surface area contributed by atoms with E-state index in [9.17, 15) is 4.57 Å². The monoisotopic (exact) mass is 359 g/mol. The molecule has 0 unspecified atom stereocenters. The molecule has 25 heavy (non-hydrogen) atoms. The molecule has 0 amide bonds. The molecule has 2 heterocycles. The number of benzene rings is 1. The van der Waals surface area contributed by atoms with Gasteiger partial charge in [0.15, 0.2) is 0 Å². The predicted octanol–water partition coefficient (Wildman–Crippen LogP) is 3.78. The van der Waals surface area contributed by atoms with Crippen molar-refractivity contribution in [3.05, 3.63) is 53.1 Å². The van der Waals surface area contributed by atoms with Gasteiger partial charge >= 0.3 is 0 Å². The van der Waals surface area contributed by atoms with Crippen molar-refractivity contribution in [2.45, 2.75) is 20.3 Å². The molecule has 6 heteroatoms. The number of anilines is 1. The molecule has 0 aromatic heterocycles. The molecule has 2 aliphatic heterocycles. The van der Waals surface area contributed by atoms with Crippen molar-refractivity contribution < 1.29 is 9.30 Å². The lowest BCUT2D eigenvalue weighted by Crippen LogP contribution is -2.38. The van der Waals surface area contributed by atoms with Gasteiger partial charge in [-0.05, 0) is 24.0 Å². The smallest absolute Gasteiger partial charge is 0.219 e. The maximum atomic E-state index is 13.9. The lowest BCUT2D eigenvalue weighted by molar-refractivity contribution is 0.0497. The van der Waals surface area contributed by atoms with E-state index < -0.39 is 7.29 Å². The van der Waals surface area contributed by atoms with E-state index in [0.717, 1.165) is 49.4 Å². The van der Waals surface area contributed by atoms with Crippen LogP contribution in [0, 0.1) is 5.41 Å². The van der Waals surface area contributed by atoms with Crippen LogP contribution in [-0.2, 0) is 9.30 Å². The minimum atomic E-state index is -2.73. The molecule has 2 fully saturated rings. The molecular weight excluding hydrogens is 333 g/mol. The van der Waals surface area contributed by atoms with Crippen LogP contribution in [0.2, 0.25) is 0 Å².